The summed E-state index contributed by atoms with van der Waals surface area (Å²) in [6.07, 6.45) is 4.18. The molecule has 124 valence electrons. The van der Waals surface area contributed by atoms with Crippen LogP contribution in [0.25, 0.3) is 0 Å². The Bertz CT molecular complexity index is 783. The molecular weight excluding hydrogens is 320 g/mol. The summed E-state index contributed by atoms with van der Waals surface area (Å²) in [6.45, 7) is 0.962. The summed E-state index contributed by atoms with van der Waals surface area (Å²) in [5, 5.41) is 4.50. The minimum absolute atomic E-state index is 0.124. The Kier molecular flexibility index (Phi) is 3.84. The molecule has 0 radical (unpaired) electrons. The lowest BCUT2D eigenvalue weighted by Gasteiger charge is -2.45. The van der Waals surface area contributed by atoms with Crippen molar-refractivity contribution < 1.29 is 4.79 Å². The number of hydrogen-bond acceptors (Lipinski definition) is 4. The molecule has 0 amide bonds. The Labute approximate surface area is 146 Å². The molecule has 0 aromatic heterocycles. The van der Waals surface area contributed by atoms with Gasteiger partial charge in [0.25, 0.3) is 0 Å². The zero-order valence-electron chi connectivity index (χ0n) is 13.4. The van der Waals surface area contributed by atoms with Crippen molar-refractivity contribution in [3.63, 3.8) is 0 Å². The molecule has 0 bridgehead atoms. The molecule has 1 atom stereocenters. The molecule has 2 heterocycles. The molecule has 6 heteroatoms. The first-order valence-electron chi connectivity index (χ1n) is 8.38. The number of ketones is 1. The van der Waals surface area contributed by atoms with E-state index in [-0.39, 0.29) is 16.9 Å². The van der Waals surface area contributed by atoms with Gasteiger partial charge in [-0.1, -0.05) is 24.3 Å². The zero-order valence-corrected chi connectivity index (χ0v) is 14.2. The van der Waals surface area contributed by atoms with Crippen LogP contribution < -0.4 is 11.2 Å². The van der Waals surface area contributed by atoms with Gasteiger partial charge in [-0.2, -0.15) is 5.10 Å². The third-order valence-corrected chi connectivity index (χ3v) is 5.21. The fourth-order valence-corrected chi connectivity index (χ4v) is 4.19. The molecule has 2 aliphatic heterocycles. The van der Waals surface area contributed by atoms with Gasteiger partial charge in [0.1, 0.15) is 0 Å². The van der Waals surface area contributed by atoms with Crippen molar-refractivity contribution in [3.05, 3.63) is 46.7 Å². The van der Waals surface area contributed by atoms with Gasteiger partial charge < -0.3 is 10.6 Å². The zero-order chi connectivity index (χ0) is 16.7. The number of nitrogens with one attached hydrogen (secondary N) is 1. The molecule has 4 rings (SSSR count). The second-order valence-corrected chi connectivity index (χ2v) is 6.93. The first kappa shape index (κ1) is 15.3. The maximum absolute atomic E-state index is 12.5. The van der Waals surface area contributed by atoms with Gasteiger partial charge in [-0.3, -0.25) is 10.2 Å². The van der Waals surface area contributed by atoms with Gasteiger partial charge in [0.15, 0.2) is 10.9 Å². The number of benzene rings is 1. The van der Waals surface area contributed by atoms with Crippen molar-refractivity contribution in [2.75, 3.05) is 6.54 Å². The molecule has 24 heavy (non-hydrogen) atoms. The molecule has 0 spiro atoms. The van der Waals surface area contributed by atoms with E-state index in [0.29, 0.717) is 12.8 Å². The van der Waals surface area contributed by atoms with E-state index in [9.17, 15) is 4.79 Å². The fourth-order valence-electron chi connectivity index (χ4n) is 4.15. The van der Waals surface area contributed by atoms with Crippen molar-refractivity contribution in [2.45, 2.75) is 38.1 Å². The van der Waals surface area contributed by atoms with Gasteiger partial charge in [-0.05, 0) is 42.6 Å². The Morgan fingerprint density at radius 3 is 2.96 bits per heavy atom. The highest BCUT2D eigenvalue weighted by Gasteiger charge is 2.39. The minimum atomic E-state index is 0.124. The third-order valence-electron chi connectivity index (χ3n) is 5.12. The van der Waals surface area contributed by atoms with E-state index < -0.39 is 0 Å². The third kappa shape index (κ3) is 2.51. The highest BCUT2D eigenvalue weighted by atomic mass is 32.1. The van der Waals surface area contributed by atoms with Crippen molar-refractivity contribution in [1.29, 1.82) is 0 Å². The molecule has 3 aliphatic rings. The summed E-state index contributed by atoms with van der Waals surface area (Å²) >= 11 is 4.87. The number of thiocarbonyl (C=S) groups is 1. The molecule has 1 aromatic rings. The van der Waals surface area contributed by atoms with Crippen molar-refractivity contribution >= 4 is 28.8 Å². The van der Waals surface area contributed by atoms with Gasteiger partial charge in [-0.15, -0.1) is 0 Å². The predicted octanol–water partition coefficient (Wildman–Crippen LogP) is 2.19. The highest BCUT2D eigenvalue weighted by Crippen LogP contribution is 2.43. The Hall–Kier alpha value is -2.21. The van der Waals surface area contributed by atoms with E-state index in [1.807, 2.05) is 0 Å². The molecule has 1 aromatic carbocycles. The lowest BCUT2D eigenvalue weighted by atomic mass is 9.79. The Morgan fingerprint density at radius 1 is 1.29 bits per heavy atom. The molecule has 5 nitrogen and oxygen atoms in total. The summed E-state index contributed by atoms with van der Waals surface area (Å²) in [5.74, 6) is 0.192. The molecule has 1 aliphatic carbocycles. The summed E-state index contributed by atoms with van der Waals surface area (Å²) < 4.78 is 0. The number of carbonyl (C=O) groups is 1. The first-order valence-corrected chi connectivity index (χ1v) is 8.79. The number of nitrogens with two attached hydrogens (primary N) is 1. The molecule has 0 saturated carbocycles. The highest BCUT2D eigenvalue weighted by molar-refractivity contribution is 7.80. The SMILES string of the molecule is NC(=S)N/N=C1/C[C@H]2c3ccccc3CCN2C2=C1C(=O)CCC2. The molecule has 3 N–H and O–H groups in total. The maximum Gasteiger partial charge on any atom is 0.184 e. The predicted molar refractivity (Wildman–Crippen MR) is 97.5 cm³/mol. The monoisotopic (exact) mass is 340 g/mol. The Balaban J connectivity index is 1.81. The smallest absolute Gasteiger partial charge is 0.184 e. The van der Waals surface area contributed by atoms with Crippen LogP contribution in [0.4, 0.5) is 0 Å². The van der Waals surface area contributed by atoms with Crippen LogP contribution in [0.2, 0.25) is 0 Å². The minimum Gasteiger partial charge on any atom is -0.375 e. The van der Waals surface area contributed by atoms with E-state index >= 15 is 0 Å². The van der Waals surface area contributed by atoms with Crippen molar-refractivity contribution in [1.82, 2.24) is 10.3 Å². The van der Waals surface area contributed by atoms with Crippen LogP contribution >= 0.6 is 12.2 Å². The van der Waals surface area contributed by atoms with E-state index in [1.165, 1.54) is 11.1 Å². The van der Waals surface area contributed by atoms with E-state index in [2.05, 4.69) is 39.7 Å². The summed E-state index contributed by atoms with van der Waals surface area (Å²) in [6, 6.07) is 8.82. The van der Waals surface area contributed by atoms with Crippen LogP contribution in [0.3, 0.4) is 0 Å². The summed E-state index contributed by atoms with van der Waals surface area (Å²) in [7, 11) is 0. The van der Waals surface area contributed by atoms with Crippen molar-refractivity contribution in [2.24, 2.45) is 10.8 Å². The number of rotatable bonds is 1. The van der Waals surface area contributed by atoms with Crippen molar-refractivity contribution in [3.8, 4) is 0 Å². The number of carbonyl (C=O) groups excluding carboxylic acids is 1. The number of fused-ring (bicyclic) bond motifs is 4. The number of hydrazone groups is 1. The van der Waals surface area contributed by atoms with Gasteiger partial charge in [-0.25, -0.2) is 0 Å². The summed E-state index contributed by atoms with van der Waals surface area (Å²) in [5.41, 5.74) is 13.7. The topological polar surface area (TPSA) is 70.7 Å². The number of nitrogens with zero attached hydrogens (tertiary/aromatic N) is 2. The van der Waals surface area contributed by atoms with Gasteiger partial charge in [0.05, 0.1) is 17.3 Å². The quantitative estimate of drug-likeness (QED) is 0.606. The van der Waals surface area contributed by atoms with E-state index in [1.54, 1.807) is 0 Å². The Morgan fingerprint density at radius 2 is 2.12 bits per heavy atom. The number of hydrogen-bond donors (Lipinski definition) is 2. The largest absolute Gasteiger partial charge is 0.375 e. The van der Waals surface area contributed by atoms with Gasteiger partial charge >= 0.3 is 0 Å². The summed E-state index contributed by atoms with van der Waals surface area (Å²) in [4.78, 5) is 15.0. The molecule has 0 saturated heterocycles. The normalized spacial score (nSPS) is 24.3. The lowest BCUT2D eigenvalue weighted by Crippen LogP contribution is -2.43. The van der Waals surface area contributed by atoms with Crippen LogP contribution in [0.1, 0.15) is 42.9 Å². The molecular formula is C18H20N4OS. The molecule has 0 unspecified atom stereocenters. The second-order valence-electron chi connectivity index (χ2n) is 6.50. The van der Waals surface area contributed by atoms with Crippen LogP contribution in [0.5, 0.6) is 0 Å². The van der Waals surface area contributed by atoms with E-state index in [0.717, 1.165) is 42.8 Å². The molecule has 0 fully saturated rings. The average molecular weight is 340 g/mol. The first-order chi connectivity index (χ1) is 11.6. The lowest BCUT2D eigenvalue weighted by molar-refractivity contribution is -0.115. The van der Waals surface area contributed by atoms with Crippen LogP contribution in [0.15, 0.2) is 40.6 Å². The van der Waals surface area contributed by atoms with E-state index in [4.69, 9.17) is 18.0 Å². The fraction of sp³-hybridized carbons (Fsp3) is 0.389. The number of Topliss-reactive ketones (excluding diaryl/α,β-unsaturated/α-hetero) is 1. The maximum atomic E-state index is 12.5. The van der Waals surface area contributed by atoms with Crippen LogP contribution in [-0.4, -0.2) is 28.1 Å². The second kappa shape index (κ2) is 6.02. The van der Waals surface area contributed by atoms with Crippen LogP contribution in [0, 0.1) is 0 Å². The van der Waals surface area contributed by atoms with Crippen LogP contribution in [-0.2, 0) is 11.2 Å². The average Bonchev–Trinajstić information content (AvgIpc) is 2.59. The standard InChI is InChI=1S/C18H20N4OS/c19-18(24)21-20-13-10-15-12-5-2-1-4-11(12)8-9-22(15)14-6-3-7-16(23)17(13)14/h1-2,4-5,15H,3,6-10H2,(H3,19,21,24)/b20-13-/t15-/m0/s1. The van der Waals surface area contributed by atoms with Gasteiger partial charge in [0.2, 0.25) is 0 Å². The number of allylic oxidation sites excluding steroid dienone is 2. The van der Waals surface area contributed by atoms with Gasteiger partial charge in [0, 0.05) is 25.1 Å².